The van der Waals surface area contributed by atoms with Crippen LogP contribution in [0.4, 0.5) is 15.3 Å². The van der Waals surface area contributed by atoms with Crippen molar-refractivity contribution in [3.8, 4) is 0 Å². The largest absolute Gasteiger partial charge is 0.463 e. The third-order valence-corrected chi connectivity index (χ3v) is 6.09. The second kappa shape index (κ2) is 12.6. The van der Waals surface area contributed by atoms with Crippen LogP contribution in [0.15, 0.2) is 90.5 Å². The Balaban J connectivity index is 1.68. The van der Waals surface area contributed by atoms with Crippen molar-refractivity contribution in [3.05, 3.63) is 107 Å². The maximum atomic E-state index is 13.4. The van der Waals surface area contributed by atoms with E-state index < -0.39 is 12.0 Å². The molecule has 3 N–H and O–H groups in total. The minimum absolute atomic E-state index is 0.196. The fourth-order valence-corrected chi connectivity index (χ4v) is 4.42. The molecule has 38 heavy (non-hydrogen) atoms. The molecule has 8 heteroatoms. The van der Waals surface area contributed by atoms with E-state index in [1.807, 2.05) is 73.7 Å². The summed E-state index contributed by atoms with van der Waals surface area (Å²) in [5.41, 5.74) is 3.78. The van der Waals surface area contributed by atoms with Crippen LogP contribution in [0, 0.1) is 0 Å². The second-order valence-corrected chi connectivity index (χ2v) is 8.80. The highest BCUT2D eigenvalue weighted by atomic mass is 16.5. The molecule has 3 aromatic carbocycles. The molecule has 0 radical (unpaired) electrons. The molecule has 0 fully saturated rings. The molecular formula is C30H32N4O4. The van der Waals surface area contributed by atoms with E-state index >= 15 is 0 Å². The van der Waals surface area contributed by atoms with E-state index in [9.17, 15) is 14.4 Å². The van der Waals surface area contributed by atoms with Crippen LogP contribution < -0.4 is 16.0 Å². The molecule has 8 nitrogen and oxygen atoms in total. The van der Waals surface area contributed by atoms with Crippen LogP contribution in [0.1, 0.15) is 43.0 Å². The van der Waals surface area contributed by atoms with E-state index in [-0.39, 0.29) is 18.7 Å². The Morgan fingerprint density at radius 3 is 2.34 bits per heavy atom. The number of hydrogen-bond donors (Lipinski definition) is 3. The highest BCUT2D eigenvalue weighted by molar-refractivity contribution is 6.04. The summed E-state index contributed by atoms with van der Waals surface area (Å²) >= 11 is 0. The number of amides is 4. The standard InChI is InChI=1S/C30H32N4O4/c1-3-18-34-27(22-14-9-6-10-15-22)25(28(35)38-4-2)26(33-30(34)37)23-16-11-17-24(19-23)32-29(36)31-20-21-12-7-5-8-13-21/h5-17,19,26H,3-4,18,20H2,1-2H3,(H,33,37)(H2,31,32,36). The lowest BCUT2D eigenvalue weighted by atomic mass is 9.91. The maximum Gasteiger partial charge on any atom is 0.338 e. The summed E-state index contributed by atoms with van der Waals surface area (Å²) in [6.07, 6.45) is 0.710. The SMILES string of the molecule is CCCN1C(=O)NC(c2cccc(NC(=O)NCc3ccccc3)c2)C(C(=O)OCC)=C1c1ccccc1. The highest BCUT2D eigenvalue weighted by Gasteiger charge is 2.38. The van der Waals surface area contributed by atoms with E-state index in [4.69, 9.17) is 4.74 Å². The van der Waals surface area contributed by atoms with Gasteiger partial charge in [-0.25, -0.2) is 14.4 Å². The number of urea groups is 2. The van der Waals surface area contributed by atoms with Crippen LogP contribution in [-0.2, 0) is 16.1 Å². The third-order valence-electron chi connectivity index (χ3n) is 6.09. The first-order valence-electron chi connectivity index (χ1n) is 12.7. The van der Waals surface area contributed by atoms with Gasteiger partial charge in [-0.15, -0.1) is 0 Å². The smallest absolute Gasteiger partial charge is 0.338 e. The van der Waals surface area contributed by atoms with Crippen molar-refractivity contribution in [1.29, 1.82) is 0 Å². The molecule has 196 valence electrons. The quantitative estimate of drug-likeness (QED) is 0.332. The zero-order valence-corrected chi connectivity index (χ0v) is 21.6. The number of rotatable bonds is 9. The first-order valence-corrected chi connectivity index (χ1v) is 12.7. The molecule has 0 aromatic heterocycles. The number of nitrogens with zero attached hydrogens (tertiary/aromatic N) is 1. The van der Waals surface area contributed by atoms with Crippen LogP contribution in [-0.4, -0.2) is 36.1 Å². The summed E-state index contributed by atoms with van der Waals surface area (Å²) in [6.45, 7) is 4.74. The first kappa shape index (κ1) is 26.5. The molecule has 1 aliphatic rings. The number of carbonyl (C=O) groups is 3. The highest BCUT2D eigenvalue weighted by Crippen LogP contribution is 2.37. The topological polar surface area (TPSA) is 99.8 Å². The minimum atomic E-state index is -0.765. The summed E-state index contributed by atoms with van der Waals surface area (Å²) in [4.78, 5) is 40.8. The zero-order valence-electron chi connectivity index (χ0n) is 21.6. The van der Waals surface area contributed by atoms with Crippen molar-refractivity contribution in [2.75, 3.05) is 18.5 Å². The van der Waals surface area contributed by atoms with Gasteiger partial charge in [0.1, 0.15) is 0 Å². The van der Waals surface area contributed by atoms with E-state index in [0.29, 0.717) is 42.0 Å². The molecule has 0 bridgehead atoms. The predicted octanol–water partition coefficient (Wildman–Crippen LogP) is 5.46. The normalized spacial score (nSPS) is 15.1. The van der Waals surface area contributed by atoms with Crippen molar-refractivity contribution < 1.29 is 19.1 Å². The van der Waals surface area contributed by atoms with E-state index in [1.54, 1.807) is 30.0 Å². The Kier molecular flexibility index (Phi) is 8.77. The van der Waals surface area contributed by atoms with Gasteiger partial charge in [-0.2, -0.15) is 0 Å². The molecule has 0 spiro atoms. The van der Waals surface area contributed by atoms with Crippen LogP contribution in [0.2, 0.25) is 0 Å². The van der Waals surface area contributed by atoms with Crippen molar-refractivity contribution in [3.63, 3.8) is 0 Å². The molecular weight excluding hydrogens is 480 g/mol. The first-order chi connectivity index (χ1) is 18.5. The molecule has 1 unspecified atom stereocenters. The van der Waals surface area contributed by atoms with E-state index in [2.05, 4.69) is 16.0 Å². The van der Waals surface area contributed by atoms with Gasteiger partial charge < -0.3 is 20.7 Å². The van der Waals surface area contributed by atoms with Crippen LogP contribution >= 0.6 is 0 Å². The molecule has 0 saturated heterocycles. The van der Waals surface area contributed by atoms with Gasteiger partial charge in [0.05, 0.1) is 23.9 Å². The summed E-state index contributed by atoms with van der Waals surface area (Å²) in [5.74, 6) is -0.503. The molecule has 4 rings (SSSR count). The number of carbonyl (C=O) groups excluding carboxylic acids is 3. The number of nitrogens with one attached hydrogen (secondary N) is 3. The van der Waals surface area contributed by atoms with Crippen molar-refractivity contribution in [2.24, 2.45) is 0 Å². The van der Waals surface area contributed by atoms with Gasteiger partial charge in [0.15, 0.2) is 0 Å². The minimum Gasteiger partial charge on any atom is -0.463 e. The Hall–Kier alpha value is -4.59. The fraction of sp³-hybridized carbons (Fsp3) is 0.233. The summed E-state index contributed by atoms with van der Waals surface area (Å²) in [5, 5.41) is 8.66. The molecule has 1 heterocycles. The maximum absolute atomic E-state index is 13.4. The molecule has 0 saturated carbocycles. The van der Waals surface area contributed by atoms with Gasteiger partial charge in [-0.3, -0.25) is 4.90 Å². The average Bonchev–Trinajstić information content (AvgIpc) is 2.94. The Morgan fingerprint density at radius 1 is 0.947 bits per heavy atom. The van der Waals surface area contributed by atoms with Crippen LogP contribution in [0.3, 0.4) is 0 Å². The van der Waals surface area contributed by atoms with Crippen LogP contribution in [0.5, 0.6) is 0 Å². The number of anilines is 1. The van der Waals surface area contributed by atoms with Crippen LogP contribution in [0.25, 0.3) is 5.70 Å². The van der Waals surface area contributed by atoms with E-state index in [1.165, 1.54) is 0 Å². The van der Waals surface area contributed by atoms with E-state index in [0.717, 1.165) is 11.1 Å². The monoisotopic (exact) mass is 512 g/mol. The van der Waals surface area contributed by atoms with Gasteiger partial charge in [-0.1, -0.05) is 79.7 Å². The lowest BCUT2D eigenvalue weighted by molar-refractivity contribution is -0.138. The Morgan fingerprint density at radius 2 is 1.66 bits per heavy atom. The number of benzene rings is 3. The molecule has 3 aromatic rings. The van der Waals surface area contributed by atoms with Gasteiger partial charge in [0, 0.05) is 18.8 Å². The van der Waals surface area contributed by atoms with Gasteiger partial charge in [0.2, 0.25) is 0 Å². The number of hydrogen-bond acceptors (Lipinski definition) is 4. The summed E-state index contributed by atoms with van der Waals surface area (Å²) in [6, 6.07) is 24.7. The fourth-order valence-electron chi connectivity index (χ4n) is 4.42. The van der Waals surface area contributed by atoms with Crippen molar-refractivity contribution in [1.82, 2.24) is 15.5 Å². The van der Waals surface area contributed by atoms with Gasteiger partial charge >= 0.3 is 18.0 Å². The lowest BCUT2D eigenvalue weighted by Crippen LogP contribution is -2.48. The Bertz CT molecular complexity index is 1310. The second-order valence-electron chi connectivity index (χ2n) is 8.80. The summed E-state index contributed by atoms with van der Waals surface area (Å²) < 4.78 is 5.46. The number of esters is 1. The zero-order chi connectivity index (χ0) is 26.9. The third kappa shape index (κ3) is 6.21. The molecule has 1 aliphatic heterocycles. The number of ether oxygens (including phenoxy) is 1. The summed E-state index contributed by atoms with van der Waals surface area (Å²) in [7, 11) is 0. The Labute approximate surface area is 222 Å². The lowest BCUT2D eigenvalue weighted by Gasteiger charge is -2.37. The van der Waals surface area contributed by atoms with Crippen molar-refractivity contribution in [2.45, 2.75) is 32.9 Å². The van der Waals surface area contributed by atoms with Gasteiger partial charge in [0.25, 0.3) is 0 Å². The predicted molar refractivity (Wildman–Crippen MR) is 147 cm³/mol. The van der Waals surface area contributed by atoms with Crippen molar-refractivity contribution >= 4 is 29.4 Å². The molecule has 0 aliphatic carbocycles. The molecule has 4 amide bonds. The average molecular weight is 513 g/mol. The molecule has 1 atom stereocenters. The van der Waals surface area contributed by atoms with Gasteiger partial charge in [-0.05, 0) is 42.2 Å².